The van der Waals surface area contributed by atoms with Crippen LogP contribution in [-0.2, 0) is 14.7 Å². The molecule has 1 heterocycles. The lowest BCUT2D eigenvalue weighted by Crippen LogP contribution is -2.16. The number of hydrogen-bond donors (Lipinski definition) is 2. The predicted molar refractivity (Wildman–Crippen MR) is 41.2 cm³/mol. The molecule has 1 aliphatic heterocycles. The standard InChI is InChI=1S/C8H7NO4/c10-6-3-1-5(2-4-6)7-8(11)9-13-12-7/h1-4,7,10H,(H,9,11). The molecule has 5 heteroatoms. The minimum atomic E-state index is -0.749. The van der Waals surface area contributed by atoms with Crippen molar-refractivity contribution < 1.29 is 19.8 Å². The summed E-state index contributed by atoms with van der Waals surface area (Å²) in [6, 6.07) is 6.14. The second kappa shape index (κ2) is 3.04. The number of benzene rings is 1. The number of phenols is 1. The fourth-order valence-corrected chi connectivity index (χ4v) is 1.07. The summed E-state index contributed by atoms with van der Waals surface area (Å²) in [6.07, 6.45) is -0.749. The second-order valence-electron chi connectivity index (χ2n) is 2.62. The van der Waals surface area contributed by atoms with Crippen molar-refractivity contribution >= 4 is 5.91 Å². The lowest BCUT2D eigenvalue weighted by Gasteiger charge is -2.02. The number of phenolic OH excluding ortho intramolecular Hbond substituents is 1. The van der Waals surface area contributed by atoms with E-state index in [1.165, 1.54) is 12.1 Å². The molecule has 0 saturated carbocycles. The molecule has 13 heavy (non-hydrogen) atoms. The molecule has 1 aliphatic rings. The first-order valence-corrected chi connectivity index (χ1v) is 3.68. The molecule has 2 rings (SSSR count). The molecule has 1 aromatic rings. The zero-order valence-corrected chi connectivity index (χ0v) is 6.56. The molecule has 2 N–H and O–H groups in total. The van der Waals surface area contributed by atoms with Gasteiger partial charge in [-0.1, -0.05) is 12.1 Å². The van der Waals surface area contributed by atoms with E-state index in [4.69, 9.17) is 5.11 Å². The Morgan fingerprint density at radius 3 is 2.54 bits per heavy atom. The molecule has 0 spiro atoms. The van der Waals surface area contributed by atoms with E-state index in [1.54, 1.807) is 12.1 Å². The fourth-order valence-electron chi connectivity index (χ4n) is 1.07. The number of nitrogens with one attached hydrogen (secondary N) is 1. The van der Waals surface area contributed by atoms with Crippen LogP contribution in [-0.4, -0.2) is 11.0 Å². The van der Waals surface area contributed by atoms with Crippen LogP contribution < -0.4 is 5.48 Å². The Balaban J connectivity index is 2.25. The fraction of sp³-hybridized carbons (Fsp3) is 0.125. The number of rotatable bonds is 1. The Bertz CT molecular complexity index is 321. The van der Waals surface area contributed by atoms with E-state index in [2.05, 4.69) is 15.4 Å². The van der Waals surface area contributed by atoms with Gasteiger partial charge in [-0.05, 0) is 17.7 Å². The van der Waals surface area contributed by atoms with E-state index in [9.17, 15) is 4.79 Å². The third-order valence-electron chi connectivity index (χ3n) is 1.72. The Morgan fingerprint density at radius 2 is 2.00 bits per heavy atom. The molecule has 68 valence electrons. The third kappa shape index (κ3) is 1.47. The van der Waals surface area contributed by atoms with E-state index >= 15 is 0 Å². The van der Waals surface area contributed by atoms with Gasteiger partial charge in [0.05, 0.1) is 0 Å². The van der Waals surface area contributed by atoms with Crippen LogP contribution in [0.1, 0.15) is 11.7 Å². The van der Waals surface area contributed by atoms with Crippen LogP contribution in [0.15, 0.2) is 24.3 Å². The van der Waals surface area contributed by atoms with Gasteiger partial charge in [0.1, 0.15) is 5.75 Å². The average molecular weight is 181 g/mol. The van der Waals surface area contributed by atoms with Crippen molar-refractivity contribution in [3.63, 3.8) is 0 Å². The van der Waals surface area contributed by atoms with Crippen LogP contribution in [0, 0.1) is 0 Å². The van der Waals surface area contributed by atoms with Gasteiger partial charge in [-0.3, -0.25) is 4.79 Å². The molecule has 1 fully saturated rings. The average Bonchev–Trinajstić information content (AvgIpc) is 2.53. The quantitative estimate of drug-likeness (QED) is 0.616. The highest BCUT2D eigenvalue weighted by Gasteiger charge is 2.28. The summed E-state index contributed by atoms with van der Waals surface area (Å²) in [7, 11) is 0. The summed E-state index contributed by atoms with van der Waals surface area (Å²) in [5.74, 6) is -0.214. The molecule has 0 aliphatic carbocycles. The van der Waals surface area contributed by atoms with Crippen LogP contribution in [0.4, 0.5) is 0 Å². The maximum atomic E-state index is 11.0. The first kappa shape index (κ1) is 8.03. The van der Waals surface area contributed by atoms with Crippen molar-refractivity contribution in [2.75, 3.05) is 0 Å². The van der Waals surface area contributed by atoms with Gasteiger partial charge in [0.2, 0.25) is 6.10 Å². The highest BCUT2D eigenvalue weighted by atomic mass is 17.3. The Labute approximate surface area is 73.8 Å². The third-order valence-corrected chi connectivity index (χ3v) is 1.72. The highest BCUT2D eigenvalue weighted by Crippen LogP contribution is 2.22. The van der Waals surface area contributed by atoms with Crippen molar-refractivity contribution in [2.45, 2.75) is 6.10 Å². The van der Waals surface area contributed by atoms with Crippen LogP contribution in [0.5, 0.6) is 5.75 Å². The molecule has 0 radical (unpaired) electrons. The van der Waals surface area contributed by atoms with Gasteiger partial charge in [-0.2, -0.15) is 10.4 Å². The number of amides is 1. The summed E-state index contributed by atoms with van der Waals surface area (Å²) in [4.78, 5) is 20.0. The van der Waals surface area contributed by atoms with Gasteiger partial charge >= 0.3 is 0 Å². The Morgan fingerprint density at radius 1 is 1.31 bits per heavy atom. The Hall–Kier alpha value is -1.59. The minimum Gasteiger partial charge on any atom is -0.508 e. The SMILES string of the molecule is O=C1NOOC1c1ccc(O)cc1. The zero-order valence-electron chi connectivity index (χ0n) is 6.56. The normalized spacial score (nSPS) is 21.5. The summed E-state index contributed by atoms with van der Waals surface area (Å²) >= 11 is 0. The molecule has 1 unspecified atom stereocenters. The molecular formula is C8H7NO4. The van der Waals surface area contributed by atoms with Crippen molar-refractivity contribution in [1.29, 1.82) is 0 Å². The monoisotopic (exact) mass is 181 g/mol. The van der Waals surface area contributed by atoms with E-state index in [0.717, 1.165) is 0 Å². The maximum Gasteiger partial charge on any atom is 0.283 e. The number of aromatic hydroxyl groups is 1. The number of carbonyl (C=O) groups is 1. The zero-order chi connectivity index (χ0) is 9.26. The van der Waals surface area contributed by atoms with Crippen LogP contribution in [0.2, 0.25) is 0 Å². The van der Waals surface area contributed by atoms with Crippen molar-refractivity contribution in [3.8, 4) is 5.75 Å². The molecule has 0 aromatic heterocycles. The first-order valence-electron chi connectivity index (χ1n) is 3.68. The van der Waals surface area contributed by atoms with Gasteiger partial charge < -0.3 is 5.11 Å². The lowest BCUT2D eigenvalue weighted by molar-refractivity contribution is -0.308. The van der Waals surface area contributed by atoms with E-state index in [0.29, 0.717) is 5.56 Å². The topological polar surface area (TPSA) is 67.8 Å². The molecule has 1 saturated heterocycles. The van der Waals surface area contributed by atoms with Gasteiger partial charge in [0, 0.05) is 0 Å². The molecule has 1 aromatic carbocycles. The van der Waals surface area contributed by atoms with Gasteiger partial charge in [-0.15, -0.1) is 4.99 Å². The first-order chi connectivity index (χ1) is 6.27. The van der Waals surface area contributed by atoms with Crippen molar-refractivity contribution in [2.24, 2.45) is 0 Å². The van der Waals surface area contributed by atoms with Crippen LogP contribution >= 0.6 is 0 Å². The van der Waals surface area contributed by atoms with Crippen molar-refractivity contribution in [1.82, 2.24) is 5.48 Å². The van der Waals surface area contributed by atoms with Gasteiger partial charge in [0.25, 0.3) is 5.91 Å². The molecule has 0 bridgehead atoms. The highest BCUT2D eigenvalue weighted by molar-refractivity contribution is 5.82. The molecule has 1 atom stereocenters. The van der Waals surface area contributed by atoms with Gasteiger partial charge in [0.15, 0.2) is 0 Å². The smallest absolute Gasteiger partial charge is 0.283 e. The lowest BCUT2D eigenvalue weighted by atomic mass is 10.1. The van der Waals surface area contributed by atoms with Gasteiger partial charge in [-0.25, -0.2) is 0 Å². The van der Waals surface area contributed by atoms with E-state index < -0.39 is 6.10 Å². The molecule has 1 amide bonds. The minimum absolute atomic E-state index is 0.142. The van der Waals surface area contributed by atoms with Crippen molar-refractivity contribution in [3.05, 3.63) is 29.8 Å². The number of carbonyl (C=O) groups excluding carboxylic acids is 1. The van der Waals surface area contributed by atoms with Crippen LogP contribution in [0.25, 0.3) is 0 Å². The number of hydrogen-bond acceptors (Lipinski definition) is 4. The van der Waals surface area contributed by atoms with E-state index in [-0.39, 0.29) is 11.7 Å². The predicted octanol–water partition coefficient (Wildman–Crippen LogP) is 0.426. The maximum absolute atomic E-state index is 11.0. The second-order valence-corrected chi connectivity index (χ2v) is 2.62. The number of hydroxylamine groups is 1. The summed E-state index contributed by atoms with van der Waals surface area (Å²) in [6.45, 7) is 0. The van der Waals surface area contributed by atoms with E-state index in [1.807, 2.05) is 0 Å². The summed E-state index contributed by atoms with van der Waals surface area (Å²) < 4.78 is 0. The summed E-state index contributed by atoms with van der Waals surface area (Å²) in [5.41, 5.74) is 2.69. The Kier molecular flexibility index (Phi) is 1.88. The largest absolute Gasteiger partial charge is 0.508 e. The molecular weight excluding hydrogens is 174 g/mol. The summed E-state index contributed by atoms with van der Waals surface area (Å²) in [5, 5.41) is 8.99. The molecule has 5 nitrogen and oxygen atoms in total. The van der Waals surface area contributed by atoms with Crippen LogP contribution in [0.3, 0.4) is 0 Å².